The van der Waals surface area contributed by atoms with E-state index in [2.05, 4.69) is 24.9 Å². The molecule has 7 atom stereocenters. The van der Waals surface area contributed by atoms with Crippen LogP contribution in [0.2, 0.25) is 0 Å². The molecule has 3 aromatic rings. The molecule has 2 aliphatic rings. The lowest BCUT2D eigenvalue weighted by Crippen LogP contribution is -2.30. The maximum Gasteiger partial charge on any atom is 0.488 e. The number of aromatic amines is 1. The quantitative estimate of drug-likeness (QED) is 0.148. The van der Waals surface area contributed by atoms with Gasteiger partial charge in [0.1, 0.15) is 49.5 Å². The number of rotatable bonds is 8. The standard InChI is InChI=1S/C19H25BN8O9P/c1-8-24-16-15(17(31)25-8)22-6-27(16)13-2-9(30)12(36-13)5-34-38(20,33)37-10-3-14(35-11(10)4-29)28-7-23-18(21)26-19(28)32/h6-7,9-14,29-30,33H,2-5H2,1H3,(H2,21,26,32)(H,24,25,31)/q+1/t9-,10-,11-,12-,13-,14-,38?/m1/s1. The van der Waals surface area contributed by atoms with Gasteiger partial charge in [0.15, 0.2) is 11.2 Å². The summed E-state index contributed by atoms with van der Waals surface area (Å²) in [7, 11) is 1.89. The van der Waals surface area contributed by atoms with Crippen LogP contribution in [0.3, 0.4) is 0 Å². The van der Waals surface area contributed by atoms with Gasteiger partial charge in [0.2, 0.25) is 5.95 Å². The molecule has 1 unspecified atom stereocenters. The van der Waals surface area contributed by atoms with Crippen LogP contribution in [0.4, 0.5) is 5.95 Å². The Bertz CT molecular complexity index is 1430. The number of aliphatic hydroxyl groups is 2. The Kier molecular flexibility index (Phi) is 7.32. The number of hydrogen-bond acceptors (Lipinski definition) is 14. The van der Waals surface area contributed by atoms with Crippen LogP contribution in [0.25, 0.3) is 11.2 Å². The molecular formula is C19H25BN8O9P+. The van der Waals surface area contributed by atoms with E-state index in [0.717, 1.165) is 10.9 Å². The Balaban J connectivity index is 1.21. The predicted molar refractivity (Wildman–Crippen MR) is 129 cm³/mol. The van der Waals surface area contributed by atoms with Crippen molar-refractivity contribution in [1.82, 2.24) is 34.1 Å². The molecule has 2 fully saturated rings. The normalized spacial score (nSPS) is 29.2. The van der Waals surface area contributed by atoms with E-state index in [9.17, 15) is 24.7 Å². The van der Waals surface area contributed by atoms with Crippen molar-refractivity contribution in [3.05, 3.63) is 39.3 Å². The summed E-state index contributed by atoms with van der Waals surface area (Å²) in [6, 6.07) is 0. The van der Waals surface area contributed by atoms with Gasteiger partial charge in [-0.3, -0.25) is 13.9 Å². The van der Waals surface area contributed by atoms with E-state index in [1.807, 2.05) is 0 Å². The smallest absolute Gasteiger partial charge is 0.394 e. The molecule has 0 aliphatic carbocycles. The van der Waals surface area contributed by atoms with Gasteiger partial charge in [-0.1, -0.05) is 0 Å². The molecule has 2 saturated heterocycles. The minimum absolute atomic E-state index is 0.0190. The number of aryl methyl sites for hydroxylation is 1. The summed E-state index contributed by atoms with van der Waals surface area (Å²) in [5, 5.41) is 20.2. The SMILES string of the molecule is [B][P+](O)(OC[C@H]1O[C@@H](n2cnc3c(=O)[nH]c(C)nc32)C[C@H]1O)O[C@@H]1C[C@H](n2cnc(N)nc2=O)O[C@@H]1CO. The number of anilines is 1. The monoisotopic (exact) mass is 551 g/mol. The highest BCUT2D eigenvalue weighted by Gasteiger charge is 2.48. The number of nitrogens with two attached hydrogens (primary N) is 1. The molecule has 0 spiro atoms. The van der Waals surface area contributed by atoms with E-state index < -0.39 is 62.5 Å². The molecule has 38 heavy (non-hydrogen) atoms. The van der Waals surface area contributed by atoms with Gasteiger partial charge in [-0.05, 0) is 6.92 Å². The van der Waals surface area contributed by atoms with Gasteiger partial charge in [-0.25, -0.2) is 24.6 Å². The second-order valence-corrected chi connectivity index (χ2v) is 10.5. The fourth-order valence-corrected chi connectivity index (χ4v) is 5.42. The summed E-state index contributed by atoms with van der Waals surface area (Å²) in [4.78, 5) is 53.1. The number of aliphatic hydroxyl groups excluding tert-OH is 2. The van der Waals surface area contributed by atoms with E-state index in [0.29, 0.717) is 11.5 Å². The van der Waals surface area contributed by atoms with Gasteiger partial charge >= 0.3 is 21.1 Å². The molecule has 2 aliphatic heterocycles. The average molecular weight is 551 g/mol. The molecule has 6 N–H and O–H groups in total. The Morgan fingerprint density at radius 1 is 1.18 bits per heavy atom. The summed E-state index contributed by atoms with van der Waals surface area (Å²) in [5.41, 5.74) is 4.73. The third-order valence-electron chi connectivity index (χ3n) is 6.19. The first kappa shape index (κ1) is 26.8. The largest absolute Gasteiger partial charge is 0.488 e. The fraction of sp³-hybridized carbons (Fsp3) is 0.579. The molecule has 3 aromatic heterocycles. The van der Waals surface area contributed by atoms with Gasteiger partial charge in [0.25, 0.3) is 5.56 Å². The van der Waals surface area contributed by atoms with Crippen LogP contribution in [0.5, 0.6) is 0 Å². The lowest BCUT2D eigenvalue weighted by Gasteiger charge is -2.22. The molecule has 5 heterocycles. The molecule has 0 amide bonds. The van der Waals surface area contributed by atoms with E-state index in [1.54, 1.807) is 6.92 Å². The zero-order valence-electron chi connectivity index (χ0n) is 20.0. The number of nitrogens with zero attached hydrogens (tertiary/aromatic N) is 6. The first-order valence-electron chi connectivity index (χ1n) is 11.5. The zero-order valence-corrected chi connectivity index (χ0v) is 20.9. The van der Waals surface area contributed by atoms with Gasteiger partial charge in [0.05, 0.1) is 19.0 Å². The summed E-state index contributed by atoms with van der Waals surface area (Å²) >= 11 is 0. The summed E-state index contributed by atoms with van der Waals surface area (Å²) in [5.74, 6) is 0.192. The van der Waals surface area contributed by atoms with Crippen molar-refractivity contribution < 1.29 is 33.6 Å². The van der Waals surface area contributed by atoms with Crippen LogP contribution < -0.4 is 17.0 Å². The Hall–Kier alpha value is -2.83. The first-order chi connectivity index (χ1) is 18.0. The minimum atomic E-state index is -3.99. The van der Waals surface area contributed by atoms with Crippen molar-refractivity contribution in [3.63, 3.8) is 0 Å². The highest BCUT2D eigenvalue weighted by molar-refractivity contribution is 7.85. The zero-order chi connectivity index (χ0) is 27.2. The summed E-state index contributed by atoms with van der Waals surface area (Å²) in [6.07, 6.45) is -2.67. The first-order valence-corrected chi connectivity index (χ1v) is 13.2. The Labute approximate surface area is 215 Å². The lowest BCUT2D eigenvalue weighted by atomic mass is 10.2. The number of imidazole rings is 1. The summed E-state index contributed by atoms with van der Waals surface area (Å²) in [6.45, 7) is 0.809. The number of aromatic nitrogens is 7. The van der Waals surface area contributed by atoms with Gasteiger partial charge in [0, 0.05) is 12.8 Å². The number of H-pyrrole nitrogens is 1. The molecule has 17 nitrogen and oxygen atoms in total. The van der Waals surface area contributed by atoms with Crippen LogP contribution in [0, 0.1) is 6.92 Å². The van der Waals surface area contributed by atoms with Crippen molar-refractivity contribution in [3.8, 4) is 0 Å². The van der Waals surface area contributed by atoms with E-state index in [-0.39, 0.29) is 30.9 Å². The molecule has 0 aromatic carbocycles. The second-order valence-electron chi connectivity index (χ2n) is 8.86. The number of hydrogen-bond donors (Lipinski definition) is 5. The van der Waals surface area contributed by atoms with Crippen molar-refractivity contribution in [2.75, 3.05) is 18.9 Å². The van der Waals surface area contributed by atoms with Crippen molar-refractivity contribution in [1.29, 1.82) is 0 Å². The van der Waals surface area contributed by atoms with Crippen LogP contribution >= 0.6 is 7.82 Å². The highest BCUT2D eigenvalue weighted by Crippen LogP contribution is 2.55. The van der Waals surface area contributed by atoms with Crippen LogP contribution in [-0.2, 0) is 18.5 Å². The molecule has 0 saturated carbocycles. The molecule has 0 bridgehead atoms. The number of ether oxygens (including phenoxy) is 2. The van der Waals surface area contributed by atoms with Crippen molar-refractivity contribution in [2.24, 2.45) is 0 Å². The van der Waals surface area contributed by atoms with Gasteiger partial charge in [-0.2, -0.15) is 14.0 Å². The average Bonchev–Trinajstić information content (AvgIpc) is 3.54. The molecule has 5 rings (SSSR count). The second kappa shape index (κ2) is 10.4. The van der Waals surface area contributed by atoms with Gasteiger partial charge in [-0.15, -0.1) is 0 Å². The van der Waals surface area contributed by atoms with E-state index >= 15 is 0 Å². The molecule has 202 valence electrons. The number of nitrogens with one attached hydrogen (secondary N) is 1. The molecular weight excluding hydrogens is 526 g/mol. The predicted octanol–water partition coefficient (Wildman–Crippen LogP) is -2.17. The maximum absolute atomic E-state index is 12.1. The fourth-order valence-electron chi connectivity index (χ4n) is 4.39. The van der Waals surface area contributed by atoms with Crippen LogP contribution in [0.15, 0.2) is 22.2 Å². The highest BCUT2D eigenvalue weighted by atomic mass is 31.2. The summed E-state index contributed by atoms with van der Waals surface area (Å²) < 4.78 is 25.1. The number of fused-ring (bicyclic) bond motifs is 1. The van der Waals surface area contributed by atoms with E-state index in [1.165, 1.54) is 10.9 Å². The lowest BCUT2D eigenvalue weighted by molar-refractivity contribution is -0.0527. The van der Waals surface area contributed by atoms with Crippen molar-refractivity contribution in [2.45, 2.75) is 56.6 Å². The third kappa shape index (κ3) is 5.34. The van der Waals surface area contributed by atoms with Crippen LogP contribution in [-0.4, -0.2) is 94.4 Å². The molecule has 19 heteroatoms. The maximum atomic E-state index is 12.1. The van der Waals surface area contributed by atoms with Crippen molar-refractivity contribution >= 4 is 32.5 Å². The molecule has 2 radical (unpaired) electrons. The third-order valence-corrected chi connectivity index (χ3v) is 7.28. The minimum Gasteiger partial charge on any atom is -0.394 e. The Morgan fingerprint density at radius 2 is 1.89 bits per heavy atom. The Morgan fingerprint density at radius 3 is 2.63 bits per heavy atom. The van der Waals surface area contributed by atoms with Crippen LogP contribution in [0.1, 0.15) is 31.1 Å². The number of nitrogen functional groups attached to an aromatic ring is 1. The van der Waals surface area contributed by atoms with E-state index in [4.69, 9.17) is 31.8 Å². The van der Waals surface area contributed by atoms with Gasteiger partial charge < -0.3 is 30.4 Å². The topological polar surface area (TPSA) is 235 Å².